The smallest absolute Gasteiger partial charge is 0.334 e. The maximum atomic E-state index is 12.0. The van der Waals surface area contributed by atoms with E-state index < -0.39 is 17.9 Å². The summed E-state index contributed by atoms with van der Waals surface area (Å²) in [5.74, 6) is 2.68. The van der Waals surface area contributed by atoms with E-state index in [4.69, 9.17) is 0 Å². The zero-order chi connectivity index (χ0) is 20.0. The Morgan fingerprint density at radius 3 is 2.04 bits per heavy atom. The summed E-state index contributed by atoms with van der Waals surface area (Å²) in [7, 11) is 0. The summed E-state index contributed by atoms with van der Waals surface area (Å²) in [4.78, 5) is 25.7. The molecule has 0 bridgehead atoms. The quantitative estimate of drug-likeness (QED) is 0.575. The number of hydrogen-bond acceptors (Lipinski definition) is 3. The molecule has 1 aliphatic rings. The highest BCUT2D eigenvalue weighted by atomic mass is 16.4. The molecule has 1 aliphatic heterocycles. The van der Waals surface area contributed by atoms with E-state index in [9.17, 15) is 19.8 Å². The van der Waals surface area contributed by atoms with Crippen molar-refractivity contribution >= 4 is 17.6 Å². The molecule has 5 nitrogen and oxygen atoms in total. The first-order chi connectivity index (χ1) is 12.9. The molecule has 27 heavy (non-hydrogen) atoms. The van der Waals surface area contributed by atoms with Crippen molar-refractivity contribution in [1.29, 1.82) is 0 Å². The van der Waals surface area contributed by atoms with Crippen LogP contribution in [-0.2, 0) is 9.59 Å². The Kier molecular flexibility index (Phi) is 6.84. The van der Waals surface area contributed by atoms with Gasteiger partial charge in [0.1, 0.15) is 0 Å². The molecule has 0 saturated carbocycles. The molecule has 142 valence electrons. The Morgan fingerprint density at radius 2 is 1.56 bits per heavy atom. The van der Waals surface area contributed by atoms with Crippen molar-refractivity contribution in [2.75, 3.05) is 4.90 Å². The molecule has 0 aliphatic carbocycles. The van der Waals surface area contributed by atoms with E-state index in [-0.39, 0.29) is 11.1 Å². The fourth-order valence-electron chi connectivity index (χ4n) is 3.36. The van der Waals surface area contributed by atoms with Crippen LogP contribution in [0.15, 0.2) is 52.9 Å². The van der Waals surface area contributed by atoms with Gasteiger partial charge in [0.25, 0.3) is 0 Å². The number of carbonyl (C=O) groups is 2. The lowest BCUT2D eigenvalue weighted by atomic mass is 9.84. The van der Waals surface area contributed by atoms with Gasteiger partial charge in [0.2, 0.25) is 0 Å². The van der Waals surface area contributed by atoms with Gasteiger partial charge in [0, 0.05) is 23.5 Å². The summed E-state index contributed by atoms with van der Waals surface area (Å²) in [5.41, 5.74) is 1.74. The number of carboxylic acids is 2. The van der Waals surface area contributed by atoms with Gasteiger partial charge in [0.15, 0.2) is 0 Å². The standard InChI is InChI=1S/C22H25NO4/c1-4-5-6-7-11-14-18-19(21(24)25)15(2)23(16(3)20(18)22(26)27)17-12-9-8-10-13-17/h8-10,12-13,18H,4-7H2,1-3H3,(H,24,25)(H,26,27). The molecular formula is C22H25NO4. The molecule has 1 aromatic carbocycles. The van der Waals surface area contributed by atoms with Gasteiger partial charge in [-0.3, -0.25) is 0 Å². The van der Waals surface area contributed by atoms with E-state index in [0.29, 0.717) is 17.8 Å². The van der Waals surface area contributed by atoms with Gasteiger partial charge in [-0.05, 0) is 32.4 Å². The van der Waals surface area contributed by atoms with Crippen LogP contribution in [0.4, 0.5) is 5.69 Å². The second-order valence-electron chi connectivity index (χ2n) is 6.49. The number of nitrogens with zero attached hydrogens (tertiary/aromatic N) is 1. The lowest BCUT2D eigenvalue weighted by Gasteiger charge is -2.35. The Hall–Kier alpha value is -3.00. The van der Waals surface area contributed by atoms with Crippen LogP contribution in [0.25, 0.3) is 0 Å². The molecule has 2 rings (SSSR count). The van der Waals surface area contributed by atoms with Crippen LogP contribution in [0.2, 0.25) is 0 Å². The van der Waals surface area contributed by atoms with E-state index >= 15 is 0 Å². The largest absolute Gasteiger partial charge is 0.478 e. The molecule has 0 spiro atoms. The summed E-state index contributed by atoms with van der Waals surface area (Å²) in [5, 5.41) is 19.6. The van der Waals surface area contributed by atoms with Crippen LogP contribution in [-0.4, -0.2) is 22.2 Å². The number of aliphatic carboxylic acids is 2. The molecule has 2 N–H and O–H groups in total. The Bertz CT molecular complexity index is 802. The lowest BCUT2D eigenvalue weighted by molar-refractivity contribution is -0.133. The molecule has 0 atom stereocenters. The molecule has 0 unspecified atom stereocenters. The zero-order valence-electron chi connectivity index (χ0n) is 16.0. The molecule has 0 radical (unpaired) electrons. The first kappa shape index (κ1) is 20.3. The number of para-hydroxylation sites is 1. The first-order valence-corrected chi connectivity index (χ1v) is 9.11. The molecule has 0 aromatic heterocycles. The highest BCUT2D eigenvalue weighted by molar-refractivity contribution is 5.99. The highest BCUT2D eigenvalue weighted by Gasteiger charge is 2.38. The predicted octanol–water partition coefficient (Wildman–Crippen LogP) is 4.42. The maximum absolute atomic E-state index is 12.0. The molecule has 0 saturated heterocycles. The summed E-state index contributed by atoms with van der Waals surface area (Å²) in [6.45, 7) is 5.49. The first-order valence-electron chi connectivity index (χ1n) is 9.11. The van der Waals surface area contributed by atoms with E-state index in [0.717, 1.165) is 24.9 Å². The van der Waals surface area contributed by atoms with Gasteiger partial charge in [-0.1, -0.05) is 43.9 Å². The van der Waals surface area contributed by atoms with Crippen molar-refractivity contribution in [3.63, 3.8) is 0 Å². The van der Waals surface area contributed by atoms with Gasteiger partial charge in [0.05, 0.1) is 17.1 Å². The minimum Gasteiger partial charge on any atom is -0.478 e. The van der Waals surface area contributed by atoms with Crippen LogP contribution < -0.4 is 4.90 Å². The summed E-state index contributed by atoms with van der Waals surface area (Å²) in [6, 6.07) is 9.16. The number of benzene rings is 1. The van der Waals surface area contributed by atoms with Crippen LogP contribution in [0.3, 0.4) is 0 Å². The minimum absolute atomic E-state index is 0.0184. The van der Waals surface area contributed by atoms with E-state index in [1.165, 1.54) is 0 Å². The molecule has 1 aromatic rings. The second-order valence-corrected chi connectivity index (χ2v) is 6.49. The topological polar surface area (TPSA) is 77.8 Å². The fraction of sp³-hybridized carbons (Fsp3) is 0.364. The van der Waals surface area contributed by atoms with E-state index in [2.05, 4.69) is 18.8 Å². The SMILES string of the molecule is CCCCCC#CC1C(C(=O)O)=C(C)N(c2ccccc2)C(C)=C1C(=O)O. The van der Waals surface area contributed by atoms with Crippen molar-refractivity contribution in [3.05, 3.63) is 52.9 Å². The maximum Gasteiger partial charge on any atom is 0.334 e. The third-order valence-corrected chi connectivity index (χ3v) is 4.65. The van der Waals surface area contributed by atoms with Gasteiger partial charge >= 0.3 is 11.9 Å². The second kappa shape index (κ2) is 9.09. The number of anilines is 1. The van der Waals surface area contributed by atoms with Crippen molar-refractivity contribution in [1.82, 2.24) is 0 Å². The van der Waals surface area contributed by atoms with Crippen molar-refractivity contribution in [3.8, 4) is 11.8 Å². The van der Waals surface area contributed by atoms with Crippen LogP contribution in [0.1, 0.15) is 46.5 Å². The summed E-state index contributed by atoms with van der Waals surface area (Å²) < 4.78 is 0. The predicted molar refractivity (Wildman–Crippen MR) is 105 cm³/mol. The normalized spacial score (nSPS) is 14.9. The Labute approximate surface area is 160 Å². The van der Waals surface area contributed by atoms with Gasteiger partial charge < -0.3 is 15.1 Å². The third kappa shape index (κ3) is 4.40. The van der Waals surface area contributed by atoms with E-state index in [1.54, 1.807) is 18.7 Å². The molecule has 1 heterocycles. The van der Waals surface area contributed by atoms with Crippen molar-refractivity contribution < 1.29 is 19.8 Å². The third-order valence-electron chi connectivity index (χ3n) is 4.65. The molecule has 0 fully saturated rings. The molecule has 0 amide bonds. The zero-order valence-corrected chi connectivity index (χ0v) is 16.0. The highest BCUT2D eigenvalue weighted by Crippen LogP contribution is 2.38. The Balaban J connectivity index is 2.57. The van der Waals surface area contributed by atoms with Gasteiger partial charge in [-0.2, -0.15) is 0 Å². The molecular weight excluding hydrogens is 342 g/mol. The van der Waals surface area contributed by atoms with Crippen LogP contribution in [0, 0.1) is 17.8 Å². The van der Waals surface area contributed by atoms with Gasteiger partial charge in [-0.15, -0.1) is 5.92 Å². The van der Waals surface area contributed by atoms with Crippen LogP contribution in [0.5, 0.6) is 0 Å². The number of allylic oxidation sites excluding steroid dienone is 2. The van der Waals surface area contributed by atoms with Crippen molar-refractivity contribution in [2.45, 2.75) is 46.5 Å². The molecule has 5 heteroatoms. The number of hydrogen-bond donors (Lipinski definition) is 2. The lowest BCUT2D eigenvalue weighted by Crippen LogP contribution is -2.34. The average molecular weight is 367 g/mol. The fourth-order valence-corrected chi connectivity index (χ4v) is 3.36. The number of unbranched alkanes of at least 4 members (excludes halogenated alkanes) is 3. The summed E-state index contributed by atoms with van der Waals surface area (Å²) >= 11 is 0. The monoisotopic (exact) mass is 367 g/mol. The summed E-state index contributed by atoms with van der Waals surface area (Å²) in [6.07, 6.45) is 3.66. The van der Waals surface area contributed by atoms with Crippen molar-refractivity contribution in [2.24, 2.45) is 5.92 Å². The van der Waals surface area contributed by atoms with Gasteiger partial charge in [-0.25, -0.2) is 9.59 Å². The number of carboxylic acid groups (broad SMARTS) is 2. The minimum atomic E-state index is -1.15. The van der Waals surface area contributed by atoms with E-state index in [1.807, 2.05) is 30.3 Å². The van der Waals surface area contributed by atoms with Crippen LogP contribution >= 0.6 is 0 Å². The number of rotatable bonds is 6. The Morgan fingerprint density at radius 1 is 1.00 bits per heavy atom. The average Bonchev–Trinajstić information content (AvgIpc) is 2.61.